The molecule has 0 aliphatic heterocycles. The van der Waals surface area contributed by atoms with Crippen molar-refractivity contribution in [1.29, 1.82) is 0 Å². The quantitative estimate of drug-likeness (QED) is 0.456. The highest BCUT2D eigenvalue weighted by Crippen LogP contribution is 2.40. The van der Waals surface area contributed by atoms with Gasteiger partial charge in [-0.05, 0) is 56.0 Å². The van der Waals surface area contributed by atoms with Crippen LogP contribution in [0.1, 0.15) is 30.0 Å². The van der Waals surface area contributed by atoms with Gasteiger partial charge in [-0.25, -0.2) is 0 Å². The molecular formula is C20H22N4OS. The number of aromatic nitrogens is 4. The van der Waals surface area contributed by atoms with Crippen LogP contribution < -0.4 is 4.74 Å². The Morgan fingerprint density at radius 2 is 2.08 bits per heavy atom. The highest BCUT2D eigenvalue weighted by Gasteiger charge is 2.30. The second-order valence-corrected chi connectivity index (χ2v) is 7.68. The Morgan fingerprint density at radius 1 is 1.19 bits per heavy atom. The first-order chi connectivity index (χ1) is 12.7. The van der Waals surface area contributed by atoms with E-state index in [0.29, 0.717) is 12.6 Å². The number of hydrogen-bond acceptors (Lipinski definition) is 5. The van der Waals surface area contributed by atoms with E-state index < -0.39 is 0 Å². The monoisotopic (exact) mass is 366 g/mol. The minimum atomic E-state index is 0.516. The van der Waals surface area contributed by atoms with E-state index in [1.807, 2.05) is 18.3 Å². The van der Waals surface area contributed by atoms with E-state index in [-0.39, 0.29) is 0 Å². The summed E-state index contributed by atoms with van der Waals surface area (Å²) in [5.41, 5.74) is 3.40. The molecule has 0 bridgehead atoms. The molecular weight excluding hydrogens is 344 g/mol. The van der Waals surface area contributed by atoms with Gasteiger partial charge in [-0.15, -0.1) is 10.2 Å². The number of nitrogens with zero attached hydrogens (tertiary/aromatic N) is 4. The molecule has 0 spiro atoms. The summed E-state index contributed by atoms with van der Waals surface area (Å²) in [5.74, 6) is 2.72. The predicted molar refractivity (Wildman–Crippen MR) is 104 cm³/mol. The summed E-state index contributed by atoms with van der Waals surface area (Å²) >= 11 is 1.70. The van der Waals surface area contributed by atoms with Gasteiger partial charge in [0.05, 0.1) is 6.61 Å². The van der Waals surface area contributed by atoms with E-state index >= 15 is 0 Å². The molecule has 5 nitrogen and oxygen atoms in total. The molecule has 134 valence electrons. The molecule has 0 saturated heterocycles. The standard InChI is InChI=1S/C20H22N4OS/c1-14-5-6-15(2)18(12-14)25-10-11-26-20-23-22-19(24(20)17-7-8-17)16-4-3-9-21-13-16/h3-6,9,12-13,17H,7-8,10-11H2,1-2H3. The molecule has 2 heterocycles. The zero-order valence-corrected chi connectivity index (χ0v) is 15.9. The van der Waals surface area contributed by atoms with E-state index in [9.17, 15) is 0 Å². The van der Waals surface area contributed by atoms with Gasteiger partial charge in [0.2, 0.25) is 0 Å². The summed E-state index contributed by atoms with van der Waals surface area (Å²) in [5, 5.41) is 9.81. The van der Waals surface area contributed by atoms with Crippen LogP contribution in [0.3, 0.4) is 0 Å². The zero-order valence-electron chi connectivity index (χ0n) is 15.1. The summed E-state index contributed by atoms with van der Waals surface area (Å²) < 4.78 is 8.22. The van der Waals surface area contributed by atoms with Crippen molar-refractivity contribution < 1.29 is 4.74 Å². The fourth-order valence-electron chi connectivity index (χ4n) is 2.88. The van der Waals surface area contributed by atoms with E-state index in [4.69, 9.17) is 4.74 Å². The Bertz CT molecular complexity index is 890. The van der Waals surface area contributed by atoms with E-state index in [0.717, 1.165) is 28.0 Å². The lowest BCUT2D eigenvalue weighted by atomic mass is 10.1. The smallest absolute Gasteiger partial charge is 0.191 e. The van der Waals surface area contributed by atoms with Crippen molar-refractivity contribution in [2.75, 3.05) is 12.4 Å². The molecule has 1 fully saturated rings. The molecule has 0 N–H and O–H groups in total. The lowest BCUT2D eigenvalue weighted by Gasteiger charge is -2.11. The third kappa shape index (κ3) is 3.75. The molecule has 4 rings (SSSR count). The Labute approximate surface area is 157 Å². The maximum atomic E-state index is 5.96. The van der Waals surface area contributed by atoms with Gasteiger partial charge in [0.1, 0.15) is 5.75 Å². The number of hydrogen-bond donors (Lipinski definition) is 0. The van der Waals surface area contributed by atoms with Crippen LogP contribution in [0.25, 0.3) is 11.4 Å². The fourth-order valence-corrected chi connectivity index (χ4v) is 3.70. The Balaban J connectivity index is 1.42. The highest BCUT2D eigenvalue weighted by molar-refractivity contribution is 7.99. The van der Waals surface area contributed by atoms with Gasteiger partial charge >= 0.3 is 0 Å². The fraction of sp³-hybridized carbons (Fsp3) is 0.350. The van der Waals surface area contributed by atoms with Crippen molar-refractivity contribution in [2.45, 2.75) is 37.9 Å². The molecule has 0 atom stereocenters. The second-order valence-electron chi connectivity index (χ2n) is 6.61. The third-order valence-electron chi connectivity index (χ3n) is 4.41. The molecule has 0 radical (unpaired) electrons. The third-order valence-corrected chi connectivity index (χ3v) is 5.32. The molecule has 0 unspecified atom stereocenters. The second kappa shape index (κ2) is 7.50. The molecule has 6 heteroatoms. The molecule has 1 saturated carbocycles. The van der Waals surface area contributed by atoms with E-state index in [1.54, 1.807) is 18.0 Å². The molecule has 3 aromatic rings. The SMILES string of the molecule is Cc1ccc(C)c(OCCSc2nnc(-c3cccnc3)n2C2CC2)c1. The summed E-state index contributed by atoms with van der Waals surface area (Å²) in [6.07, 6.45) is 6.01. The van der Waals surface area contributed by atoms with E-state index in [1.165, 1.54) is 24.0 Å². The molecule has 1 aliphatic rings. The first-order valence-electron chi connectivity index (χ1n) is 8.90. The lowest BCUT2D eigenvalue weighted by Crippen LogP contribution is -2.04. The van der Waals surface area contributed by atoms with Gasteiger partial charge in [0.15, 0.2) is 11.0 Å². The van der Waals surface area contributed by atoms with Crippen molar-refractivity contribution >= 4 is 11.8 Å². The average molecular weight is 366 g/mol. The molecule has 1 aromatic carbocycles. The maximum Gasteiger partial charge on any atom is 0.191 e. The molecule has 2 aromatic heterocycles. The first-order valence-corrected chi connectivity index (χ1v) is 9.89. The summed E-state index contributed by atoms with van der Waals surface area (Å²) in [6, 6.07) is 10.8. The van der Waals surface area contributed by atoms with Crippen molar-refractivity contribution in [3.05, 3.63) is 53.9 Å². The molecule has 26 heavy (non-hydrogen) atoms. The van der Waals surface area contributed by atoms with Crippen LogP contribution in [0.2, 0.25) is 0 Å². The number of aryl methyl sites for hydroxylation is 2. The number of rotatable bonds is 7. The Kier molecular flexibility index (Phi) is 4.93. The number of thioether (sulfide) groups is 1. The van der Waals surface area contributed by atoms with Crippen LogP contribution in [0.15, 0.2) is 47.9 Å². The first kappa shape index (κ1) is 17.1. The Morgan fingerprint density at radius 3 is 2.85 bits per heavy atom. The van der Waals surface area contributed by atoms with Crippen LogP contribution in [-0.2, 0) is 0 Å². The minimum Gasteiger partial charge on any atom is -0.492 e. The largest absolute Gasteiger partial charge is 0.492 e. The van der Waals surface area contributed by atoms with Crippen LogP contribution in [0.4, 0.5) is 0 Å². The van der Waals surface area contributed by atoms with Crippen molar-refractivity contribution in [1.82, 2.24) is 19.7 Å². The van der Waals surface area contributed by atoms with Gasteiger partial charge in [0.25, 0.3) is 0 Å². The molecule has 0 amide bonds. The van der Waals surface area contributed by atoms with Gasteiger partial charge in [-0.2, -0.15) is 0 Å². The number of ether oxygens (including phenoxy) is 1. The average Bonchev–Trinajstić information content (AvgIpc) is 3.41. The summed E-state index contributed by atoms with van der Waals surface area (Å²) in [4.78, 5) is 4.21. The van der Waals surface area contributed by atoms with Crippen molar-refractivity contribution in [2.24, 2.45) is 0 Å². The van der Waals surface area contributed by atoms with Crippen LogP contribution >= 0.6 is 11.8 Å². The number of benzene rings is 1. The zero-order chi connectivity index (χ0) is 17.9. The number of pyridine rings is 1. The van der Waals surface area contributed by atoms with Crippen LogP contribution in [-0.4, -0.2) is 32.1 Å². The summed E-state index contributed by atoms with van der Waals surface area (Å²) in [7, 11) is 0. The van der Waals surface area contributed by atoms with Crippen molar-refractivity contribution in [3.63, 3.8) is 0 Å². The highest BCUT2D eigenvalue weighted by atomic mass is 32.2. The normalized spacial score (nSPS) is 13.8. The lowest BCUT2D eigenvalue weighted by molar-refractivity contribution is 0.341. The molecule has 1 aliphatic carbocycles. The maximum absolute atomic E-state index is 5.96. The van der Waals surface area contributed by atoms with Gasteiger partial charge < -0.3 is 4.74 Å². The van der Waals surface area contributed by atoms with Gasteiger partial charge in [-0.3, -0.25) is 9.55 Å². The predicted octanol–water partition coefficient (Wildman–Crippen LogP) is 4.46. The van der Waals surface area contributed by atoms with E-state index in [2.05, 4.69) is 51.8 Å². The minimum absolute atomic E-state index is 0.516. The van der Waals surface area contributed by atoms with Crippen LogP contribution in [0.5, 0.6) is 5.75 Å². The van der Waals surface area contributed by atoms with Crippen LogP contribution in [0, 0.1) is 13.8 Å². The topological polar surface area (TPSA) is 52.8 Å². The van der Waals surface area contributed by atoms with Crippen molar-refractivity contribution in [3.8, 4) is 17.1 Å². The summed E-state index contributed by atoms with van der Waals surface area (Å²) in [6.45, 7) is 4.81. The van der Waals surface area contributed by atoms with Gasteiger partial charge in [-0.1, -0.05) is 23.9 Å². The Hall–Kier alpha value is -2.34. The van der Waals surface area contributed by atoms with Gasteiger partial charge in [0, 0.05) is 29.8 Å².